The lowest BCUT2D eigenvalue weighted by Gasteiger charge is -2.20. The molecule has 1 aliphatic rings. The van der Waals surface area contributed by atoms with Gasteiger partial charge in [-0.05, 0) is 18.5 Å². The van der Waals surface area contributed by atoms with Crippen LogP contribution in [0.15, 0.2) is 12.2 Å². The summed E-state index contributed by atoms with van der Waals surface area (Å²) in [5.74, 6) is -0.537. The van der Waals surface area contributed by atoms with Gasteiger partial charge in [0, 0.05) is 5.57 Å². The predicted octanol–water partition coefficient (Wildman–Crippen LogP) is 1.02. The van der Waals surface area contributed by atoms with Crippen molar-refractivity contribution in [2.24, 2.45) is 0 Å². The molecule has 0 atom stereocenters. The maximum atomic E-state index is 11.1. The molecule has 0 aromatic rings. The molecule has 5 nitrogen and oxygen atoms in total. The maximum absolute atomic E-state index is 11.1. The minimum atomic E-state index is -0.537. The van der Waals surface area contributed by atoms with E-state index in [2.05, 4.69) is 6.58 Å². The van der Waals surface area contributed by atoms with Gasteiger partial charge in [-0.25, -0.2) is 9.68 Å². The lowest BCUT2D eigenvalue weighted by Crippen LogP contribution is -2.32. The zero-order valence-corrected chi connectivity index (χ0v) is 8.19. The Bertz CT molecular complexity index is 213. The van der Waals surface area contributed by atoms with E-state index in [0.29, 0.717) is 12.2 Å². The molecule has 14 heavy (non-hydrogen) atoms. The van der Waals surface area contributed by atoms with Crippen LogP contribution in [0.2, 0.25) is 6.32 Å². The molecule has 0 N–H and O–H groups in total. The van der Waals surface area contributed by atoms with Gasteiger partial charge in [0.25, 0.3) is 0 Å². The van der Waals surface area contributed by atoms with Gasteiger partial charge in [-0.3, -0.25) is 0 Å². The molecule has 1 aliphatic heterocycles. The van der Waals surface area contributed by atoms with Crippen molar-refractivity contribution in [3.63, 3.8) is 0 Å². The van der Waals surface area contributed by atoms with Gasteiger partial charge in [-0.2, -0.15) is 0 Å². The van der Waals surface area contributed by atoms with Crippen LogP contribution >= 0.6 is 0 Å². The van der Waals surface area contributed by atoms with Crippen molar-refractivity contribution in [1.29, 1.82) is 0 Å². The zero-order valence-electron chi connectivity index (χ0n) is 8.19. The molecule has 1 rings (SSSR count). The standard InChI is InChI=1S/C8H13BNO4/c1-7(2)8(11)13-10-9-5-3-4-6-12-14-10/h1,3-6H2,2H3. The van der Waals surface area contributed by atoms with Crippen LogP contribution in [0.25, 0.3) is 0 Å². The van der Waals surface area contributed by atoms with Crippen molar-refractivity contribution in [2.75, 3.05) is 6.61 Å². The summed E-state index contributed by atoms with van der Waals surface area (Å²) in [7, 11) is 1.61. The fraction of sp³-hybridized carbons (Fsp3) is 0.625. The Kier molecular flexibility index (Phi) is 4.65. The Balaban J connectivity index is 2.33. The summed E-state index contributed by atoms with van der Waals surface area (Å²) in [5, 5.41) is 0.927. The first-order chi connectivity index (χ1) is 6.70. The van der Waals surface area contributed by atoms with Crippen LogP contribution in [0.4, 0.5) is 0 Å². The van der Waals surface area contributed by atoms with Gasteiger partial charge in [-0.1, -0.05) is 19.3 Å². The summed E-state index contributed by atoms with van der Waals surface area (Å²) < 4.78 is 0. The second kappa shape index (κ2) is 5.80. The topological polar surface area (TPSA) is 48.0 Å². The molecule has 1 heterocycles. The van der Waals surface area contributed by atoms with Crippen LogP contribution < -0.4 is 0 Å². The van der Waals surface area contributed by atoms with E-state index in [9.17, 15) is 4.79 Å². The van der Waals surface area contributed by atoms with E-state index in [4.69, 9.17) is 14.7 Å². The van der Waals surface area contributed by atoms with E-state index in [1.807, 2.05) is 0 Å². The summed E-state index contributed by atoms with van der Waals surface area (Å²) in [5.41, 5.74) is 0.309. The molecule has 1 fully saturated rings. The van der Waals surface area contributed by atoms with Crippen molar-refractivity contribution in [3.05, 3.63) is 12.2 Å². The highest BCUT2D eigenvalue weighted by Gasteiger charge is 2.16. The molecule has 0 aromatic heterocycles. The lowest BCUT2D eigenvalue weighted by atomic mass is 9.87. The maximum Gasteiger partial charge on any atom is 0.353 e. The van der Waals surface area contributed by atoms with Crippen LogP contribution in [0, 0.1) is 0 Å². The zero-order chi connectivity index (χ0) is 10.4. The van der Waals surface area contributed by atoms with Crippen molar-refractivity contribution < 1.29 is 19.5 Å². The van der Waals surface area contributed by atoms with Crippen LogP contribution in [0.5, 0.6) is 0 Å². The number of carbonyl (C=O) groups excluding carboxylic acids is 1. The van der Waals surface area contributed by atoms with Gasteiger partial charge in [-0.15, -0.1) is 4.99 Å². The van der Waals surface area contributed by atoms with E-state index in [-0.39, 0.29) is 0 Å². The molecule has 1 radical (unpaired) electrons. The third-order valence-corrected chi connectivity index (χ3v) is 1.61. The van der Waals surface area contributed by atoms with Crippen LogP contribution in [-0.2, 0) is 19.5 Å². The molecule has 0 aromatic carbocycles. The number of hydrogen-bond donors (Lipinski definition) is 0. The minimum absolute atomic E-state index is 0.309. The molecule has 77 valence electrons. The number of carbonyl (C=O) groups is 1. The average Bonchev–Trinajstić information content (AvgIpc) is 2.08. The van der Waals surface area contributed by atoms with Crippen molar-refractivity contribution >= 4 is 13.4 Å². The van der Waals surface area contributed by atoms with E-state index < -0.39 is 5.97 Å². The van der Waals surface area contributed by atoms with E-state index >= 15 is 0 Å². The Morgan fingerprint density at radius 2 is 2.36 bits per heavy atom. The summed E-state index contributed by atoms with van der Waals surface area (Å²) in [6.07, 6.45) is 2.69. The van der Waals surface area contributed by atoms with Gasteiger partial charge >= 0.3 is 13.4 Å². The van der Waals surface area contributed by atoms with Crippen LogP contribution in [0.1, 0.15) is 19.8 Å². The minimum Gasteiger partial charge on any atom is -0.349 e. The Morgan fingerprint density at radius 3 is 3.07 bits per heavy atom. The molecular weight excluding hydrogens is 185 g/mol. The molecule has 0 amide bonds. The molecule has 6 heteroatoms. The molecule has 0 spiro atoms. The summed E-state index contributed by atoms with van der Waals surface area (Å²) in [4.78, 5) is 25.3. The first kappa shape index (κ1) is 11.2. The predicted molar refractivity (Wildman–Crippen MR) is 49.6 cm³/mol. The Hall–Kier alpha value is -0.845. The quantitative estimate of drug-likeness (QED) is 0.376. The normalized spacial score (nSPS) is 18.9. The molecule has 1 saturated heterocycles. The van der Waals surface area contributed by atoms with Gasteiger partial charge in [0.1, 0.15) is 0 Å². The number of hydrogen-bond acceptors (Lipinski definition) is 5. The first-order valence-electron chi connectivity index (χ1n) is 4.50. The highest BCUT2D eigenvalue weighted by molar-refractivity contribution is 6.31. The SMILES string of the molecule is C=C(C)C(=O)ON1[B]CCCCOO1. The molecule has 0 aliphatic carbocycles. The molecule has 0 bridgehead atoms. The monoisotopic (exact) mass is 198 g/mol. The third-order valence-electron chi connectivity index (χ3n) is 1.61. The summed E-state index contributed by atoms with van der Waals surface area (Å²) in [6.45, 7) is 5.51. The largest absolute Gasteiger partial charge is 0.353 e. The van der Waals surface area contributed by atoms with Crippen molar-refractivity contribution in [2.45, 2.75) is 26.1 Å². The lowest BCUT2D eigenvalue weighted by molar-refractivity contribution is -0.471. The van der Waals surface area contributed by atoms with Gasteiger partial charge in [0.15, 0.2) is 0 Å². The molecule has 0 saturated carbocycles. The van der Waals surface area contributed by atoms with Gasteiger partial charge in [0.05, 0.1) is 6.61 Å². The second-order valence-corrected chi connectivity index (χ2v) is 3.02. The van der Waals surface area contributed by atoms with Crippen molar-refractivity contribution in [1.82, 2.24) is 5.14 Å². The van der Waals surface area contributed by atoms with Crippen molar-refractivity contribution in [3.8, 4) is 0 Å². The molecule has 0 unspecified atom stereocenters. The number of nitrogens with zero attached hydrogens (tertiary/aromatic N) is 1. The highest BCUT2D eigenvalue weighted by atomic mass is 17.3. The van der Waals surface area contributed by atoms with E-state index in [1.54, 1.807) is 14.3 Å². The Labute approximate surface area is 83.7 Å². The summed E-state index contributed by atoms with van der Waals surface area (Å²) in [6, 6.07) is 0. The number of rotatable bonds is 2. The fourth-order valence-electron chi connectivity index (χ4n) is 0.834. The van der Waals surface area contributed by atoms with Gasteiger partial charge in [0.2, 0.25) is 0 Å². The average molecular weight is 198 g/mol. The Morgan fingerprint density at radius 1 is 1.57 bits per heavy atom. The summed E-state index contributed by atoms with van der Waals surface area (Å²) >= 11 is 0. The molecular formula is C8H13BNO4. The first-order valence-corrected chi connectivity index (χ1v) is 4.50. The van der Waals surface area contributed by atoms with E-state index in [1.165, 1.54) is 0 Å². The van der Waals surface area contributed by atoms with Gasteiger partial charge < -0.3 is 4.84 Å². The fourth-order valence-corrected chi connectivity index (χ4v) is 0.834. The van der Waals surface area contributed by atoms with Crippen LogP contribution in [0.3, 0.4) is 0 Å². The van der Waals surface area contributed by atoms with Crippen LogP contribution in [-0.4, -0.2) is 25.1 Å². The van der Waals surface area contributed by atoms with E-state index in [0.717, 1.165) is 24.3 Å². The smallest absolute Gasteiger partial charge is 0.349 e. The third kappa shape index (κ3) is 3.91. The second-order valence-electron chi connectivity index (χ2n) is 3.02. The highest BCUT2D eigenvalue weighted by Crippen LogP contribution is 2.06.